The molecule has 2 unspecified atom stereocenters. The highest BCUT2D eigenvalue weighted by molar-refractivity contribution is 7.85. The number of urea groups is 1. The van der Waals surface area contributed by atoms with E-state index in [1.54, 1.807) is 4.90 Å². The lowest BCUT2D eigenvalue weighted by molar-refractivity contribution is -0.392. The molecular weight excluding hydrogens is 717 g/mol. The van der Waals surface area contributed by atoms with E-state index in [0.29, 0.717) is 24.3 Å². The van der Waals surface area contributed by atoms with Crippen LogP contribution in [0.2, 0.25) is 0 Å². The fourth-order valence-corrected chi connectivity index (χ4v) is 8.05. The quantitative estimate of drug-likeness (QED) is 0.249. The molecule has 0 aromatic heterocycles. The maximum atomic E-state index is 14.5. The Bertz CT molecular complexity index is 1760. The number of carbonyl (C=O) groups is 2. The smallest absolute Gasteiger partial charge is 0.349 e. The first-order valence-corrected chi connectivity index (χ1v) is 16.8. The molecule has 0 radical (unpaired) electrons. The molecule has 2 fully saturated rings. The van der Waals surface area contributed by atoms with Gasteiger partial charge in [-0.1, -0.05) is 30.3 Å². The second-order valence-electron chi connectivity index (χ2n) is 12.3. The van der Waals surface area contributed by atoms with Crippen LogP contribution >= 0.6 is 0 Å². The van der Waals surface area contributed by atoms with Crippen LogP contribution in [0.3, 0.4) is 0 Å². The average molecular weight is 750 g/mol. The Morgan fingerprint density at radius 1 is 0.784 bits per heavy atom. The number of carbonyl (C=O) groups excluding carboxylic acids is 2. The van der Waals surface area contributed by atoms with Crippen molar-refractivity contribution in [2.75, 3.05) is 39.3 Å². The number of amides is 3. The van der Waals surface area contributed by atoms with Gasteiger partial charge in [0.25, 0.3) is 5.60 Å². The number of benzene rings is 3. The summed E-state index contributed by atoms with van der Waals surface area (Å²) in [4.78, 5) is 30.0. The summed E-state index contributed by atoms with van der Waals surface area (Å²) in [7, 11) is -1.93. The highest BCUT2D eigenvalue weighted by Gasteiger charge is 2.73. The zero-order valence-corrected chi connectivity index (χ0v) is 28.0. The Morgan fingerprint density at radius 2 is 1.35 bits per heavy atom. The number of likely N-dealkylation sites (tertiary alicyclic amines) is 1. The van der Waals surface area contributed by atoms with Gasteiger partial charge in [-0.15, -0.1) is 0 Å². The van der Waals surface area contributed by atoms with Gasteiger partial charge in [-0.05, 0) is 48.4 Å². The molecule has 0 saturated carbocycles. The first-order valence-electron chi connectivity index (χ1n) is 15.6. The molecule has 0 N–H and O–H groups in total. The van der Waals surface area contributed by atoms with Crippen LogP contribution in [0.4, 0.5) is 44.3 Å². The van der Waals surface area contributed by atoms with Crippen molar-refractivity contribution in [2.45, 2.75) is 54.5 Å². The van der Waals surface area contributed by atoms with Crippen molar-refractivity contribution in [3.63, 3.8) is 0 Å². The lowest BCUT2D eigenvalue weighted by Crippen LogP contribution is -2.55. The zero-order chi connectivity index (χ0) is 37.5. The summed E-state index contributed by atoms with van der Waals surface area (Å²) in [5.41, 5.74) is -7.23. The molecule has 51 heavy (non-hydrogen) atoms. The Morgan fingerprint density at radius 3 is 1.88 bits per heavy atom. The maximum Gasteiger partial charge on any atom is 0.430 e. The van der Waals surface area contributed by atoms with Gasteiger partial charge in [-0.25, -0.2) is 18.0 Å². The van der Waals surface area contributed by atoms with Gasteiger partial charge in [-0.2, -0.15) is 26.3 Å². The monoisotopic (exact) mass is 749 g/mol. The number of hydrogen-bond donors (Lipinski definition) is 0. The number of halogens is 9. The Balaban J connectivity index is 1.49. The summed E-state index contributed by atoms with van der Waals surface area (Å²) >= 11 is 0. The van der Waals surface area contributed by atoms with Crippen LogP contribution in [0.5, 0.6) is 0 Å². The molecule has 5 rings (SSSR count). The summed E-state index contributed by atoms with van der Waals surface area (Å²) in [6.45, 7) is 1.85. The van der Waals surface area contributed by atoms with E-state index in [1.807, 2.05) is 0 Å². The van der Waals surface area contributed by atoms with Crippen LogP contribution in [0.1, 0.15) is 35.1 Å². The van der Waals surface area contributed by atoms with E-state index in [2.05, 4.69) is 4.74 Å². The fraction of sp³-hybridized carbons (Fsp3) is 0.412. The van der Waals surface area contributed by atoms with E-state index < -0.39 is 81.1 Å². The van der Waals surface area contributed by atoms with Crippen molar-refractivity contribution in [1.82, 2.24) is 14.7 Å². The third-order valence-corrected chi connectivity index (χ3v) is 11.0. The Labute approximate surface area is 289 Å². The highest BCUT2D eigenvalue weighted by atomic mass is 32.2. The van der Waals surface area contributed by atoms with Gasteiger partial charge in [0.15, 0.2) is 0 Å². The topological polar surface area (TPSA) is 70.2 Å². The third-order valence-electron chi connectivity index (χ3n) is 9.21. The van der Waals surface area contributed by atoms with Gasteiger partial charge in [0.05, 0.1) is 22.7 Å². The number of aryl methyl sites for hydroxylation is 1. The second kappa shape index (κ2) is 14.5. The van der Waals surface area contributed by atoms with Gasteiger partial charge in [-0.3, -0.25) is 9.00 Å². The first kappa shape index (κ1) is 38.1. The minimum Gasteiger partial charge on any atom is -0.349 e. The third kappa shape index (κ3) is 7.45. The number of piperazine rings is 1. The van der Waals surface area contributed by atoms with Gasteiger partial charge in [0.1, 0.15) is 17.5 Å². The second-order valence-corrected chi connectivity index (χ2v) is 14.0. The molecule has 3 atom stereocenters. The summed E-state index contributed by atoms with van der Waals surface area (Å²) in [6.07, 6.45) is -12.3. The summed E-state index contributed by atoms with van der Waals surface area (Å²) in [5.74, 6) is -4.40. The van der Waals surface area contributed by atoms with Crippen molar-refractivity contribution < 1.29 is 58.0 Å². The molecule has 2 saturated heterocycles. The predicted molar refractivity (Wildman–Crippen MR) is 166 cm³/mol. The number of alkyl halides is 6. The minimum absolute atomic E-state index is 0.117. The molecule has 3 aromatic carbocycles. The maximum absolute atomic E-state index is 14.5. The van der Waals surface area contributed by atoms with Crippen LogP contribution in [0.15, 0.2) is 65.6 Å². The number of rotatable bonds is 7. The standard InChI is InChI=1S/C34H32F9N3O4S/c1-20-16-24(10-11-27(20)35)51(49)30-18-46(31(48)45-14-12-44(13-15-45)21(2)47)17-25(30)22-6-8-23(9-7-22)32(33(38,39)40,34(41,42)43)50-19-26-28(36)4-3-5-29(26)37/h3-11,16,25,30H,12-15,17-19H2,1-2H3/t25?,30-,51?/m1/s1. The summed E-state index contributed by atoms with van der Waals surface area (Å²) < 4.78 is 148. The predicted octanol–water partition coefficient (Wildman–Crippen LogP) is 6.81. The van der Waals surface area contributed by atoms with Gasteiger partial charge in [0.2, 0.25) is 5.91 Å². The Hall–Kier alpha value is -4.12. The lowest BCUT2D eigenvalue weighted by Gasteiger charge is -2.37. The fourth-order valence-electron chi connectivity index (χ4n) is 6.35. The van der Waals surface area contributed by atoms with Gasteiger partial charge in [0, 0.05) is 68.1 Å². The average Bonchev–Trinajstić information content (AvgIpc) is 3.51. The minimum atomic E-state index is -6.15. The van der Waals surface area contributed by atoms with Crippen molar-refractivity contribution in [3.05, 3.63) is 100 Å². The zero-order valence-electron chi connectivity index (χ0n) is 27.2. The summed E-state index contributed by atoms with van der Waals surface area (Å²) in [6, 6.07) is 8.51. The van der Waals surface area contributed by atoms with Crippen molar-refractivity contribution >= 4 is 22.7 Å². The molecule has 3 amide bonds. The lowest BCUT2D eigenvalue weighted by atomic mass is 9.88. The van der Waals surface area contributed by atoms with Crippen molar-refractivity contribution in [1.29, 1.82) is 0 Å². The van der Waals surface area contributed by atoms with E-state index in [-0.39, 0.29) is 61.2 Å². The van der Waals surface area contributed by atoms with Gasteiger partial charge >= 0.3 is 18.4 Å². The molecule has 0 spiro atoms. The molecule has 7 nitrogen and oxygen atoms in total. The molecular formula is C34H32F9N3O4S. The van der Waals surface area contributed by atoms with Crippen LogP contribution in [0.25, 0.3) is 0 Å². The van der Waals surface area contributed by atoms with Crippen LogP contribution in [-0.4, -0.2) is 87.7 Å². The molecule has 17 heteroatoms. The van der Waals surface area contributed by atoms with Crippen LogP contribution in [-0.2, 0) is 32.5 Å². The normalized spacial score (nSPS) is 19.4. The Kier molecular flexibility index (Phi) is 10.8. The van der Waals surface area contributed by atoms with Crippen molar-refractivity contribution in [3.8, 4) is 0 Å². The molecule has 2 aliphatic heterocycles. The first-order chi connectivity index (χ1) is 23.9. The SMILES string of the molecule is CC(=O)N1CCN(C(=O)N2CC(c3ccc(C(OCc4c(F)cccc4F)(C(F)(F)F)C(F)(F)F)cc3)[C@H](S(=O)c3ccc(F)c(C)c3)C2)CC1. The molecule has 0 aliphatic carbocycles. The van der Waals surface area contributed by atoms with Gasteiger partial charge < -0.3 is 19.4 Å². The molecule has 276 valence electrons. The molecule has 2 aliphatic rings. The van der Waals surface area contributed by atoms with E-state index in [1.165, 1.54) is 35.8 Å². The molecule has 2 heterocycles. The number of nitrogens with zero attached hydrogens (tertiary/aromatic N) is 3. The molecule has 3 aromatic rings. The van der Waals surface area contributed by atoms with Crippen molar-refractivity contribution in [2.24, 2.45) is 0 Å². The van der Waals surface area contributed by atoms with Crippen LogP contribution < -0.4 is 0 Å². The highest BCUT2D eigenvalue weighted by Crippen LogP contribution is 2.53. The van der Waals surface area contributed by atoms with E-state index in [9.17, 15) is 53.3 Å². The molecule has 0 bridgehead atoms. The van der Waals surface area contributed by atoms with Crippen LogP contribution in [0, 0.1) is 24.4 Å². The van der Waals surface area contributed by atoms with E-state index in [4.69, 9.17) is 0 Å². The van der Waals surface area contributed by atoms with E-state index >= 15 is 0 Å². The number of ether oxygens (including phenoxy) is 1. The summed E-state index contributed by atoms with van der Waals surface area (Å²) in [5, 5.41) is -0.918. The van der Waals surface area contributed by atoms with E-state index in [0.717, 1.165) is 24.3 Å². The number of hydrogen-bond acceptors (Lipinski definition) is 4. The largest absolute Gasteiger partial charge is 0.430 e.